The number of anilines is 1. The second-order valence-electron chi connectivity index (χ2n) is 8.40. The normalized spacial score (nSPS) is 14.3. The van der Waals surface area contributed by atoms with E-state index >= 15 is 0 Å². The minimum absolute atomic E-state index is 0.0211. The van der Waals surface area contributed by atoms with Crippen LogP contribution in [0.1, 0.15) is 31.9 Å². The summed E-state index contributed by atoms with van der Waals surface area (Å²) in [6.07, 6.45) is 2.10. The number of allylic oxidation sites excluding steroid dienone is 1. The van der Waals surface area contributed by atoms with Gasteiger partial charge in [-0.3, -0.25) is 0 Å². The molecule has 0 bridgehead atoms. The minimum atomic E-state index is -0.649. The second kappa shape index (κ2) is 8.26. The first-order chi connectivity index (χ1) is 15.2. The molecule has 0 atom stereocenters. The van der Waals surface area contributed by atoms with E-state index in [0.29, 0.717) is 11.3 Å². The van der Waals surface area contributed by atoms with E-state index in [1.165, 1.54) is 19.2 Å². The topological polar surface area (TPSA) is 30.5 Å². The van der Waals surface area contributed by atoms with E-state index in [4.69, 9.17) is 9.47 Å². The quantitative estimate of drug-likeness (QED) is 0.466. The standard InChI is InChI=1S/C26H24F3NO2/c1-15-13-26(2,3)30-22-10-8-18(19-7-5-16(27)11-23(19)31-4)20(25(15)22)14-32-24-12-17(28)6-9-21(24)29/h5-13,30H,14H2,1-4H3. The summed E-state index contributed by atoms with van der Waals surface area (Å²) in [6.45, 7) is 6.11. The van der Waals surface area contributed by atoms with Crippen molar-refractivity contribution in [2.45, 2.75) is 32.9 Å². The molecule has 1 aliphatic heterocycles. The van der Waals surface area contributed by atoms with Crippen molar-refractivity contribution >= 4 is 11.3 Å². The van der Waals surface area contributed by atoms with Crippen molar-refractivity contribution in [3.8, 4) is 22.6 Å². The lowest BCUT2D eigenvalue weighted by molar-refractivity contribution is 0.288. The highest BCUT2D eigenvalue weighted by Gasteiger charge is 2.27. The van der Waals surface area contributed by atoms with Gasteiger partial charge >= 0.3 is 0 Å². The molecule has 32 heavy (non-hydrogen) atoms. The molecule has 0 radical (unpaired) electrons. The van der Waals surface area contributed by atoms with Crippen molar-refractivity contribution in [1.29, 1.82) is 0 Å². The van der Waals surface area contributed by atoms with Crippen molar-refractivity contribution < 1.29 is 22.6 Å². The summed E-state index contributed by atoms with van der Waals surface area (Å²) in [7, 11) is 1.48. The van der Waals surface area contributed by atoms with Gasteiger partial charge in [0.15, 0.2) is 11.6 Å². The zero-order valence-corrected chi connectivity index (χ0v) is 18.4. The lowest BCUT2D eigenvalue weighted by Crippen LogP contribution is -2.32. The van der Waals surface area contributed by atoms with Crippen molar-refractivity contribution in [2.24, 2.45) is 0 Å². The lowest BCUT2D eigenvalue weighted by atomic mass is 9.85. The van der Waals surface area contributed by atoms with Gasteiger partial charge in [-0.15, -0.1) is 0 Å². The number of rotatable bonds is 5. The van der Waals surface area contributed by atoms with Gasteiger partial charge in [-0.1, -0.05) is 12.1 Å². The molecular formula is C26H24F3NO2. The second-order valence-corrected chi connectivity index (χ2v) is 8.40. The van der Waals surface area contributed by atoms with Crippen LogP contribution in [-0.4, -0.2) is 12.6 Å². The molecule has 0 saturated heterocycles. The number of hydrogen-bond donors (Lipinski definition) is 1. The zero-order chi connectivity index (χ0) is 23.0. The van der Waals surface area contributed by atoms with Crippen molar-refractivity contribution in [1.82, 2.24) is 0 Å². The van der Waals surface area contributed by atoms with E-state index in [2.05, 4.69) is 25.2 Å². The van der Waals surface area contributed by atoms with E-state index in [1.54, 1.807) is 6.07 Å². The van der Waals surface area contributed by atoms with Crippen LogP contribution in [0.4, 0.5) is 18.9 Å². The Labute approximate surface area is 185 Å². The number of methoxy groups -OCH3 is 1. The van der Waals surface area contributed by atoms with E-state index in [-0.39, 0.29) is 17.9 Å². The highest BCUT2D eigenvalue weighted by Crippen LogP contribution is 2.43. The maximum atomic E-state index is 14.2. The Kier molecular flexibility index (Phi) is 5.63. The molecule has 3 aromatic carbocycles. The fourth-order valence-corrected chi connectivity index (χ4v) is 4.23. The fraction of sp³-hybridized carbons (Fsp3) is 0.231. The summed E-state index contributed by atoms with van der Waals surface area (Å²) in [4.78, 5) is 0. The number of halogens is 3. The van der Waals surface area contributed by atoms with Crippen LogP contribution in [0.5, 0.6) is 11.5 Å². The summed E-state index contributed by atoms with van der Waals surface area (Å²) in [5.74, 6) is -1.46. The number of hydrogen-bond acceptors (Lipinski definition) is 3. The molecule has 0 fully saturated rings. The molecule has 0 spiro atoms. The first-order valence-corrected chi connectivity index (χ1v) is 10.2. The SMILES string of the molecule is COc1cc(F)ccc1-c1ccc2c(c1COc1cc(F)ccc1F)C(C)=CC(C)(C)N2. The van der Waals surface area contributed by atoms with E-state index < -0.39 is 17.5 Å². The van der Waals surface area contributed by atoms with Gasteiger partial charge in [0.2, 0.25) is 0 Å². The van der Waals surface area contributed by atoms with Gasteiger partial charge in [-0.25, -0.2) is 13.2 Å². The minimum Gasteiger partial charge on any atom is -0.496 e. The van der Waals surface area contributed by atoms with Gasteiger partial charge in [0, 0.05) is 34.5 Å². The van der Waals surface area contributed by atoms with E-state index in [0.717, 1.165) is 46.1 Å². The summed E-state index contributed by atoms with van der Waals surface area (Å²) in [6, 6.07) is 11.3. The molecule has 6 heteroatoms. The Balaban J connectivity index is 1.88. The number of ether oxygens (including phenoxy) is 2. The molecule has 3 nitrogen and oxygen atoms in total. The van der Waals surface area contributed by atoms with Gasteiger partial charge in [-0.2, -0.15) is 0 Å². The van der Waals surface area contributed by atoms with Crippen LogP contribution in [-0.2, 0) is 6.61 Å². The number of fused-ring (bicyclic) bond motifs is 1. The summed E-state index contributed by atoms with van der Waals surface area (Å²) >= 11 is 0. The summed E-state index contributed by atoms with van der Waals surface area (Å²) in [5.41, 5.74) is 4.76. The Morgan fingerprint density at radius 3 is 2.25 bits per heavy atom. The van der Waals surface area contributed by atoms with Crippen molar-refractivity contribution in [2.75, 3.05) is 12.4 Å². The smallest absolute Gasteiger partial charge is 0.165 e. The van der Waals surface area contributed by atoms with Gasteiger partial charge in [-0.05, 0) is 62.2 Å². The maximum Gasteiger partial charge on any atom is 0.165 e. The third-order valence-corrected chi connectivity index (χ3v) is 5.46. The van der Waals surface area contributed by atoms with Crippen LogP contribution in [0.3, 0.4) is 0 Å². The van der Waals surface area contributed by atoms with E-state index in [1.807, 2.05) is 19.1 Å². The molecule has 1 aliphatic rings. The van der Waals surface area contributed by atoms with Crippen LogP contribution in [0.15, 0.2) is 54.6 Å². The number of nitrogens with one attached hydrogen (secondary N) is 1. The highest BCUT2D eigenvalue weighted by molar-refractivity contribution is 5.88. The monoisotopic (exact) mass is 439 g/mol. The molecular weight excluding hydrogens is 415 g/mol. The summed E-state index contributed by atoms with van der Waals surface area (Å²) < 4.78 is 52.8. The van der Waals surface area contributed by atoms with Crippen molar-refractivity contribution in [3.63, 3.8) is 0 Å². The van der Waals surface area contributed by atoms with Crippen LogP contribution in [0.2, 0.25) is 0 Å². The Bertz CT molecular complexity index is 1220. The fourth-order valence-electron chi connectivity index (χ4n) is 4.23. The Morgan fingerprint density at radius 1 is 0.875 bits per heavy atom. The van der Waals surface area contributed by atoms with Crippen LogP contribution in [0, 0.1) is 17.5 Å². The molecule has 4 rings (SSSR count). The first kappa shape index (κ1) is 21.8. The van der Waals surface area contributed by atoms with Gasteiger partial charge in [0.1, 0.15) is 24.0 Å². The van der Waals surface area contributed by atoms with Gasteiger partial charge < -0.3 is 14.8 Å². The molecule has 1 heterocycles. The summed E-state index contributed by atoms with van der Waals surface area (Å²) in [5, 5.41) is 3.48. The Morgan fingerprint density at radius 2 is 1.53 bits per heavy atom. The largest absolute Gasteiger partial charge is 0.496 e. The average molecular weight is 439 g/mol. The molecule has 166 valence electrons. The molecule has 0 saturated carbocycles. The van der Waals surface area contributed by atoms with Crippen LogP contribution in [0.25, 0.3) is 16.7 Å². The predicted molar refractivity (Wildman–Crippen MR) is 120 cm³/mol. The van der Waals surface area contributed by atoms with Gasteiger partial charge in [0.25, 0.3) is 0 Å². The maximum absolute atomic E-state index is 14.2. The number of benzene rings is 3. The highest BCUT2D eigenvalue weighted by atomic mass is 19.1. The predicted octanol–water partition coefficient (Wildman–Crippen LogP) is 6.97. The molecule has 0 aromatic heterocycles. The first-order valence-electron chi connectivity index (χ1n) is 10.2. The van der Waals surface area contributed by atoms with Gasteiger partial charge in [0.05, 0.1) is 12.6 Å². The van der Waals surface area contributed by atoms with E-state index in [9.17, 15) is 13.2 Å². The lowest BCUT2D eigenvalue weighted by Gasteiger charge is -2.33. The molecule has 0 amide bonds. The van der Waals surface area contributed by atoms with Crippen LogP contribution >= 0.6 is 0 Å². The average Bonchev–Trinajstić information content (AvgIpc) is 2.73. The molecule has 3 aromatic rings. The third kappa shape index (κ3) is 4.17. The molecule has 1 N–H and O–H groups in total. The zero-order valence-electron chi connectivity index (χ0n) is 18.4. The third-order valence-electron chi connectivity index (χ3n) is 5.46. The van der Waals surface area contributed by atoms with Crippen LogP contribution < -0.4 is 14.8 Å². The Hall–Kier alpha value is -3.41. The van der Waals surface area contributed by atoms with Crippen molar-refractivity contribution in [3.05, 3.63) is 83.2 Å². The molecule has 0 aliphatic carbocycles. The molecule has 0 unspecified atom stereocenters.